The number of aliphatic hydroxyl groups excluding tert-OH is 1. The zero-order valence-corrected chi connectivity index (χ0v) is 11.9. The van der Waals surface area contributed by atoms with Gasteiger partial charge in [-0.05, 0) is 20.3 Å². The summed E-state index contributed by atoms with van der Waals surface area (Å²) in [4.78, 5) is 2.29. The molecule has 0 saturated carbocycles. The van der Waals surface area contributed by atoms with Gasteiger partial charge in [0.1, 0.15) is 0 Å². The SMILES string of the molecule is COCCCOCCN1CC(CO)OC(C)(C)C1. The van der Waals surface area contributed by atoms with Gasteiger partial charge in [0.15, 0.2) is 0 Å². The van der Waals surface area contributed by atoms with Crippen molar-refractivity contribution < 1.29 is 19.3 Å². The molecule has 1 aliphatic heterocycles. The molecular formula is C13H27NO4. The van der Waals surface area contributed by atoms with E-state index < -0.39 is 0 Å². The van der Waals surface area contributed by atoms with Gasteiger partial charge in [-0.25, -0.2) is 0 Å². The standard InChI is InChI=1S/C13H27NO4/c1-13(2)11-14(9-12(10-15)18-13)5-8-17-7-4-6-16-3/h12,15H,4-11H2,1-3H3. The van der Waals surface area contributed by atoms with Crippen LogP contribution in [0.2, 0.25) is 0 Å². The molecule has 0 amide bonds. The van der Waals surface area contributed by atoms with E-state index in [-0.39, 0.29) is 18.3 Å². The number of ether oxygens (including phenoxy) is 3. The van der Waals surface area contributed by atoms with Crippen molar-refractivity contribution in [2.45, 2.75) is 32.0 Å². The molecule has 1 atom stereocenters. The number of hydrogen-bond acceptors (Lipinski definition) is 5. The molecule has 1 unspecified atom stereocenters. The Morgan fingerprint density at radius 2 is 2.11 bits per heavy atom. The molecule has 0 aromatic rings. The van der Waals surface area contributed by atoms with Gasteiger partial charge in [-0.1, -0.05) is 0 Å². The Morgan fingerprint density at radius 1 is 1.33 bits per heavy atom. The number of nitrogens with zero attached hydrogens (tertiary/aromatic N) is 1. The molecule has 0 aromatic carbocycles. The van der Waals surface area contributed by atoms with Crippen LogP contribution in [-0.4, -0.2) is 74.9 Å². The largest absolute Gasteiger partial charge is 0.394 e. The van der Waals surface area contributed by atoms with E-state index in [2.05, 4.69) is 18.7 Å². The number of morpholine rings is 1. The van der Waals surface area contributed by atoms with Gasteiger partial charge in [0, 0.05) is 40.0 Å². The lowest BCUT2D eigenvalue weighted by molar-refractivity contribution is -0.151. The van der Waals surface area contributed by atoms with Crippen LogP contribution in [0.25, 0.3) is 0 Å². The molecule has 0 bridgehead atoms. The highest BCUT2D eigenvalue weighted by molar-refractivity contribution is 4.83. The third kappa shape index (κ3) is 6.11. The predicted octanol–water partition coefficient (Wildman–Crippen LogP) is 0.511. The smallest absolute Gasteiger partial charge is 0.0940 e. The first-order chi connectivity index (χ1) is 8.57. The van der Waals surface area contributed by atoms with Gasteiger partial charge in [-0.2, -0.15) is 0 Å². The first-order valence-corrected chi connectivity index (χ1v) is 6.65. The van der Waals surface area contributed by atoms with E-state index in [1.165, 1.54) is 0 Å². The van der Waals surface area contributed by atoms with Gasteiger partial charge in [-0.3, -0.25) is 4.90 Å². The van der Waals surface area contributed by atoms with Gasteiger partial charge in [-0.15, -0.1) is 0 Å². The molecule has 108 valence electrons. The topological polar surface area (TPSA) is 51.2 Å². The first-order valence-electron chi connectivity index (χ1n) is 6.65. The van der Waals surface area contributed by atoms with Crippen LogP contribution >= 0.6 is 0 Å². The average molecular weight is 261 g/mol. The lowest BCUT2D eigenvalue weighted by atomic mass is 10.1. The molecule has 1 aliphatic rings. The molecule has 1 N–H and O–H groups in total. The molecule has 1 rings (SSSR count). The number of methoxy groups -OCH3 is 1. The highest BCUT2D eigenvalue weighted by Gasteiger charge is 2.32. The van der Waals surface area contributed by atoms with Crippen molar-refractivity contribution in [2.24, 2.45) is 0 Å². The van der Waals surface area contributed by atoms with Crippen molar-refractivity contribution in [3.8, 4) is 0 Å². The molecule has 5 nitrogen and oxygen atoms in total. The van der Waals surface area contributed by atoms with Gasteiger partial charge >= 0.3 is 0 Å². The number of aliphatic hydroxyl groups is 1. The van der Waals surface area contributed by atoms with Crippen LogP contribution in [0.3, 0.4) is 0 Å². The van der Waals surface area contributed by atoms with Crippen LogP contribution in [0.4, 0.5) is 0 Å². The molecule has 5 heteroatoms. The van der Waals surface area contributed by atoms with E-state index in [9.17, 15) is 5.11 Å². The molecule has 0 radical (unpaired) electrons. The van der Waals surface area contributed by atoms with E-state index in [1.807, 2.05) is 0 Å². The van der Waals surface area contributed by atoms with E-state index in [1.54, 1.807) is 7.11 Å². The second-order valence-electron chi connectivity index (χ2n) is 5.38. The molecule has 0 spiro atoms. The van der Waals surface area contributed by atoms with Crippen LogP contribution in [0, 0.1) is 0 Å². The summed E-state index contributed by atoms with van der Waals surface area (Å²) in [6.45, 7) is 8.94. The Kier molecular flexibility index (Phi) is 7.11. The molecule has 1 heterocycles. The summed E-state index contributed by atoms with van der Waals surface area (Å²) in [5.41, 5.74) is -0.193. The van der Waals surface area contributed by atoms with Crippen LogP contribution in [0.15, 0.2) is 0 Å². The van der Waals surface area contributed by atoms with Crippen molar-refractivity contribution in [2.75, 3.05) is 53.2 Å². The Balaban J connectivity index is 2.16. The van der Waals surface area contributed by atoms with E-state index >= 15 is 0 Å². The summed E-state index contributed by atoms with van der Waals surface area (Å²) < 4.78 is 16.3. The van der Waals surface area contributed by atoms with Crippen molar-refractivity contribution in [1.29, 1.82) is 0 Å². The van der Waals surface area contributed by atoms with Crippen molar-refractivity contribution in [3.05, 3.63) is 0 Å². The fraction of sp³-hybridized carbons (Fsp3) is 1.00. The minimum Gasteiger partial charge on any atom is -0.394 e. The zero-order valence-electron chi connectivity index (χ0n) is 11.9. The lowest BCUT2D eigenvalue weighted by Gasteiger charge is -2.42. The maximum Gasteiger partial charge on any atom is 0.0940 e. The molecule has 1 fully saturated rings. The zero-order chi connectivity index (χ0) is 13.4. The normalized spacial score (nSPS) is 24.3. The Morgan fingerprint density at radius 3 is 2.78 bits per heavy atom. The summed E-state index contributed by atoms with van der Waals surface area (Å²) in [5.74, 6) is 0. The number of rotatable bonds is 8. The highest BCUT2D eigenvalue weighted by Crippen LogP contribution is 2.20. The maximum absolute atomic E-state index is 9.21. The summed E-state index contributed by atoms with van der Waals surface area (Å²) in [6.07, 6.45) is 0.854. The Labute approximate surface area is 110 Å². The highest BCUT2D eigenvalue weighted by atomic mass is 16.5. The van der Waals surface area contributed by atoms with Gasteiger partial charge in [0.05, 0.1) is 24.9 Å². The molecule has 18 heavy (non-hydrogen) atoms. The molecule has 0 aliphatic carbocycles. The fourth-order valence-electron chi connectivity index (χ4n) is 2.28. The predicted molar refractivity (Wildman–Crippen MR) is 69.8 cm³/mol. The molecule has 0 aromatic heterocycles. The summed E-state index contributed by atoms with van der Waals surface area (Å²) in [5, 5.41) is 9.21. The van der Waals surface area contributed by atoms with Gasteiger partial charge < -0.3 is 19.3 Å². The minimum absolute atomic E-state index is 0.0780. The monoisotopic (exact) mass is 261 g/mol. The second-order valence-corrected chi connectivity index (χ2v) is 5.38. The lowest BCUT2D eigenvalue weighted by Crippen LogP contribution is -2.54. The third-order valence-corrected chi connectivity index (χ3v) is 2.94. The number of hydrogen-bond donors (Lipinski definition) is 1. The van der Waals surface area contributed by atoms with Crippen molar-refractivity contribution >= 4 is 0 Å². The Hall–Kier alpha value is -0.200. The minimum atomic E-state index is -0.193. The fourth-order valence-corrected chi connectivity index (χ4v) is 2.28. The summed E-state index contributed by atoms with van der Waals surface area (Å²) in [6, 6.07) is 0. The molecular weight excluding hydrogens is 234 g/mol. The third-order valence-electron chi connectivity index (χ3n) is 2.94. The molecule has 1 saturated heterocycles. The van der Waals surface area contributed by atoms with E-state index in [4.69, 9.17) is 14.2 Å². The first kappa shape index (κ1) is 15.9. The van der Waals surface area contributed by atoms with Crippen LogP contribution in [0.5, 0.6) is 0 Å². The van der Waals surface area contributed by atoms with E-state index in [0.717, 1.165) is 45.9 Å². The van der Waals surface area contributed by atoms with Crippen LogP contribution < -0.4 is 0 Å². The maximum atomic E-state index is 9.21. The quantitative estimate of drug-likeness (QED) is 0.645. The van der Waals surface area contributed by atoms with Gasteiger partial charge in [0.2, 0.25) is 0 Å². The summed E-state index contributed by atoms with van der Waals surface area (Å²) in [7, 11) is 1.70. The van der Waals surface area contributed by atoms with Crippen LogP contribution in [0.1, 0.15) is 20.3 Å². The average Bonchev–Trinajstić information content (AvgIpc) is 2.31. The van der Waals surface area contributed by atoms with Gasteiger partial charge in [0.25, 0.3) is 0 Å². The summed E-state index contributed by atoms with van der Waals surface area (Å²) >= 11 is 0. The van der Waals surface area contributed by atoms with Crippen molar-refractivity contribution in [3.63, 3.8) is 0 Å². The van der Waals surface area contributed by atoms with Crippen LogP contribution in [-0.2, 0) is 14.2 Å². The van der Waals surface area contributed by atoms with Crippen molar-refractivity contribution in [1.82, 2.24) is 4.90 Å². The second kappa shape index (κ2) is 8.07. The van der Waals surface area contributed by atoms with E-state index in [0.29, 0.717) is 0 Å². The Bertz CT molecular complexity index is 223.